The highest BCUT2D eigenvalue weighted by atomic mass is 31.2. The topological polar surface area (TPSA) is 141 Å². The first-order valence-electron chi connectivity index (χ1n) is 9.97. The summed E-state index contributed by atoms with van der Waals surface area (Å²) in [6.45, 7) is 9.30. The zero-order chi connectivity index (χ0) is 22.6. The minimum absolute atomic E-state index is 0.0493. The lowest BCUT2D eigenvalue weighted by atomic mass is 10.2. The lowest BCUT2D eigenvalue weighted by Crippen LogP contribution is -2.43. The molecule has 5 atom stereocenters. The van der Waals surface area contributed by atoms with Crippen molar-refractivity contribution in [2.45, 2.75) is 77.2 Å². The number of nitrogens with one attached hydrogen (secondary N) is 1. The average Bonchev–Trinajstić information content (AvgIpc) is 2.99. The van der Waals surface area contributed by atoms with E-state index < -0.39 is 50.2 Å². The van der Waals surface area contributed by atoms with Gasteiger partial charge in [0.25, 0.3) is 5.56 Å². The van der Waals surface area contributed by atoms with Crippen molar-refractivity contribution in [2.24, 2.45) is 0 Å². The number of hydrogen-bond donors (Lipinski definition) is 3. The number of aryl methyl sites for hydroxylation is 1. The van der Waals surface area contributed by atoms with Gasteiger partial charge in [0.1, 0.15) is 14.4 Å². The molecule has 2 rings (SSSR count). The van der Waals surface area contributed by atoms with Gasteiger partial charge in [0.2, 0.25) is 0 Å². The fourth-order valence-corrected chi connectivity index (χ4v) is 6.36. The number of aliphatic hydroxyl groups excluding tert-OH is 2. The van der Waals surface area contributed by atoms with Gasteiger partial charge in [0, 0.05) is 23.8 Å². The van der Waals surface area contributed by atoms with Gasteiger partial charge in [-0.25, -0.2) is 4.79 Å². The summed E-state index contributed by atoms with van der Waals surface area (Å²) in [5.41, 5.74) is -1.54. The summed E-state index contributed by atoms with van der Waals surface area (Å²) in [5, 5.41) is 29.7. The third-order valence-corrected chi connectivity index (χ3v) is 7.81. The van der Waals surface area contributed by atoms with Gasteiger partial charge in [-0.3, -0.25) is 19.0 Å². The summed E-state index contributed by atoms with van der Waals surface area (Å²) < 4.78 is 15.3. The van der Waals surface area contributed by atoms with Crippen LogP contribution >= 0.6 is 8.30 Å². The van der Waals surface area contributed by atoms with Gasteiger partial charge in [-0.05, 0) is 34.6 Å². The molecule has 0 aromatic carbocycles. The number of nitriles is 1. The smallest absolute Gasteiger partial charge is 0.330 e. The molecule has 11 heteroatoms. The number of H-pyrrole nitrogens is 1. The standard InChI is InChI=1S/C19H31N4O6P/c1-11(2)23(12(3)4)30(28-8-6-7-20)16-15(25)14(10-24)29-18(16)22-9-13(5)17(26)21-19(22)27/h9,11-12,14-16,18,24-25H,6,8,10H2,1-5H3,(H,21,26,27)/t14-,15-,16?,18-,30?/m1/s1. The second-order valence-electron chi connectivity index (χ2n) is 7.82. The monoisotopic (exact) mass is 442 g/mol. The van der Waals surface area contributed by atoms with Crippen LogP contribution in [0.2, 0.25) is 0 Å². The first-order chi connectivity index (χ1) is 14.1. The second kappa shape index (κ2) is 10.6. The molecule has 2 heterocycles. The van der Waals surface area contributed by atoms with Gasteiger partial charge in [-0.15, -0.1) is 0 Å². The van der Waals surface area contributed by atoms with Crippen LogP contribution in [0.25, 0.3) is 0 Å². The van der Waals surface area contributed by atoms with Crippen LogP contribution < -0.4 is 11.2 Å². The quantitative estimate of drug-likeness (QED) is 0.377. The van der Waals surface area contributed by atoms with E-state index in [1.807, 2.05) is 33.8 Å². The molecule has 0 bridgehead atoms. The normalized spacial score (nSPS) is 25.2. The maximum atomic E-state index is 12.5. The zero-order valence-corrected chi connectivity index (χ0v) is 18.9. The highest BCUT2D eigenvalue weighted by molar-refractivity contribution is 7.51. The Labute approximate surface area is 176 Å². The van der Waals surface area contributed by atoms with E-state index in [1.165, 1.54) is 10.8 Å². The maximum absolute atomic E-state index is 12.5. The Balaban J connectivity index is 2.58. The van der Waals surface area contributed by atoms with E-state index in [2.05, 4.69) is 9.65 Å². The van der Waals surface area contributed by atoms with Crippen molar-refractivity contribution in [3.63, 3.8) is 0 Å². The first kappa shape index (κ1) is 24.7. The predicted octanol–water partition coefficient (Wildman–Crippen LogP) is 0.825. The van der Waals surface area contributed by atoms with E-state index >= 15 is 0 Å². The fourth-order valence-electron chi connectivity index (χ4n) is 3.67. The molecule has 0 saturated carbocycles. The second-order valence-corrected chi connectivity index (χ2v) is 9.74. The molecule has 1 fully saturated rings. The number of nitrogens with zero attached hydrogens (tertiary/aromatic N) is 3. The van der Waals surface area contributed by atoms with Crippen LogP contribution in [0.4, 0.5) is 0 Å². The Morgan fingerprint density at radius 3 is 2.53 bits per heavy atom. The van der Waals surface area contributed by atoms with Crippen LogP contribution in [0.3, 0.4) is 0 Å². The van der Waals surface area contributed by atoms with Crippen molar-refractivity contribution in [1.82, 2.24) is 14.2 Å². The molecule has 1 aliphatic rings. The summed E-state index contributed by atoms with van der Waals surface area (Å²) >= 11 is 0. The molecule has 10 nitrogen and oxygen atoms in total. The van der Waals surface area contributed by atoms with Crippen LogP contribution in [-0.4, -0.2) is 67.6 Å². The first-order valence-corrected chi connectivity index (χ1v) is 11.3. The molecule has 1 aliphatic heterocycles. The van der Waals surface area contributed by atoms with Crippen molar-refractivity contribution >= 4 is 8.30 Å². The molecule has 168 valence electrons. The van der Waals surface area contributed by atoms with Crippen molar-refractivity contribution in [1.29, 1.82) is 5.26 Å². The van der Waals surface area contributed by atoms with E-state index in [0.29, 0.717) is 5.56 Å². The van der Waals surface area contributed by atoms with E-state index in [1.54, 1.807) is 6.92 Å². The van der Waals surface area contributed by atoms with Gasteiger partial charge in [-0.2, -0.15) is 5.26 Å². The van der Waals surface area contributed by atoms with E-state index in [0.717, 1.165) is 0 Å². The van der Waals surface area contributed by atoms with E-state index in [4.69, 9.17) is 14.5 Å². The summed E-state index contributed by atoms with van der Waals surface area (Å²) in [4.78, 5) is 26.6. The lowest BCUT2D eigenvalue weighted by Gasteiger charge is -2.42. The number of ether oxygens (including phenoxy) is 1. The molecular weight excluding hydrogens is 411 g/mol. The number of hydrogen-bond acceptors (Lipinski definition) is 8. The molecular formula is C19H31N4O6P. The Hall–Kier alpha value is -1.60. The van der Waals surface area contributed by atoms with Crippen LogP contribution in [0.1, 0.15) is 45.9 Å². The van der Waals surface area contributed by atoms with Gasteiger partial charge in [0.05, 0.1) is 37.5 Å². The number of aromatic nitrogens is 2. The van der Waals surface area contributed by atoms with Gasteiger partial charge >= 0.3 is 5.69 Å². The fraction of sp³-hybridized carbons (Fsp3) is 0.737. The van der Waals surface area contributed by atoms with Crippen molar-refractivity contribution in [2.75, 3.05) is 13.2 Å². The Morgan fingerprint density at radius 1 is 1.37 bits per heavy atom. The SMILES string of the molecule is Cc1cn([C@@H]2O[C@H](CO)[C@@H](O)C2P(OCCC#N)N(C(C)C)C(C)C)c(=O)[nH]c1=O. The van der Waals surface area contributed by atoms with Gasteiger partial charge in [-0.1, -0.05) is 0 Å². The highest BCUT2D eigenvalue weighted by Gasteiger charge is 2.52. The largest absolute Gasteiger partial charge is 0.394 e. The van der Waals surface area contributed by atoms with E-state index in [9.17, 15) is 19.8 Å². The molecule has 1 saturated heterocycles. The molecule has 2 unspecified atom stereocenters. The third-order valence-electron chi connectivity index (χ3n) is 4.92. The third kappa shape index (κ3) is 5.17. The van der Waals surface area contributed by atoms with Crippen LogP contribution in [0.15, 0.2) is 15.8 Å². The molecule has 3 N–H and O–H groups in total. The Kier molecular flexibility index (Phi) is 8.73. The molecule has 0 amide bonds. The number of aliphatic hydroxyl groups is 2. The minimum atomic E-state index is -1.54. The summed E-state index contributed by atoms with van der Waals surface area (Å²) in [6.07, 6.45) is -1.40. The molecule has 0 radical (unpaired) electrons. The molecule has 0 spiro atoms. The van der Waals surface area contributed by atoms with Crippen molar-refractivity contribution < 1.29 is 19.5 Å². The van der Waals surface area contributed by atoms with Gasteiger partial charge < -0.3 is 19.5 Å². The van der Waals surface area contributed by atoms with Crippen LogP contribution in [0.5, 0.6) is 0 Å². The highest BCUT2D eigenvalue weighted by Crippen LogP contribution is 2.57. The maximum Gasteiger partial charge on any atom is 0.330 e. The zero-order valence-electron chi connectivity index (χ0n) is 18.0. The molecule has 0 aliphatic carbocycles. The Morgan fingerprint density at radius 2 is 2.00 bits per heavy atom. The van der Waals surface area contributed by atoms with Crippen molar-refractivity contribution in [3.05, 3.63) is 32.6 Å². The summed E-state index contributed by atoms with van der Waals surface area (Å²) in [7, 11) is -1.54. The summed E-state index contributed by atoms with van der Waals surface area (Å²) in [6, 6.07) is 2.14. The number of rotatable bonds is 9. The van der Waals surface area contributed by atoms with Crippen LogP contribution in [-0.2, 0) is 9.26 Å². The number of aromatic amines is 1. The minimum Gasteiger partial charge on any atom is -0.394 e. The average molecular weight is 442 g/mol. The molecule has 1 aromatic rings. The molecule has 30 heavy (non-hydrogen) atoms. The van der Waals surface area contributed by atoms with Gasteiger partial charge in [0.15, 0.2) is 6.23 Å². The van der Waals surface area contributed by atoms with Crippen molar-refractivity contribution in [3.8, 4) is 6.07 Å². The van der Waals surface area contributed by atoms with Crippen LogP contribution in [0, 0.1) is 18.3 Å². The lowest BCUT2D eigenvalue weighted by molar-refractivity contribution is -0.0459. The predicted molar refractivity (Wildman–Crippen MR) is 112 cm³/mol. The molecule has 1 aromatic heterocycles. The summed E-state index contributed by atoms with van der Waals surface area (Å²) in [5.74, 6) is 0. The van der Waals surface area contributed by atoms with E-state index in [-0.39, 0.29) is 25.1 Å². The Bertz CT molecular complexity index is 856.